The Labute approximate surface area is 308 Å². The van der Waals surface area contributed by atoms with Gasteiger partial charge in [-0.1, -0.05) is 71.2 Å². The second kappa shape index (κ2) is 15.5. The molecule has 0 atom stereocenters. The summed E-state index contributed by atoms with van der Waals surface area (Å²) in [5, 5.41) is 2.33. The van der Waals surface area contributed by atoms with Crippen molar-refractivity contribution in [2.45, 2.75) is 18.0 Å². The molecule has 10 nitrogen and oxygen atoms in total. The van der Waals surface area contributed by atoms with E-state index in [9.17, 15) is 13.2 Å². The lowest BCUT2D eigenvalue weighted by molar-refractivity contribution is -0.0829. The molecule has 4 aromatic rings. The Morgan fingerprint density at radius 2 is 1.48 bits per heavy atom. The molecule has 2 heterocycles. The molecule has 14 heteroatoms. The van der Waals surface area contributed by atoms with E-state index in [4.69, 9.17) is 43.8 Å². The number of hydrogen-bond acceptors (Lipinski definition) is 8. The van der Waals surface area contributed by atoms with Gasteiger partial charge in [0.1, 0.15) is 5.75 Å². The highest BCUT2D eigenvalue weighted by atomic mass is 35.5. The minimum atomic E-state index is -4.37. The number of halogens is 3. The van der Waals surface area contributed by atoms with E-state index in [-0.39, 0.29) is 33.7 Å². The third-order valence-electron chi connectivity index (χ3n) is 8.80. The van der Waals surface area contributed by atoms with Crippen LogP contribution in [0.25, 0.3) is 11.1 Å². The Balaban J connectivity index is 1.45. The first kappa shape index (κ1) is 36.4. The predicted octanol–water partition coefficient (Wildman–Crippen LogP) is 7.40. The highest BCUT2D eigenvalue weighted by Crippen LogP contribution is 2.47. The standard InChI is InChI=1S/C36H38Cl3N5O5S/c1-40(2)15-16-41-17-19-43(20-18-41)49-50(46,47)27-21-29(28-7-4-5-8-31(28)37)30-24-42(23-25-11-13-26(48-3)14-12-25)36(45)44(34(30)22-27)35-32(38)9-6-10-33(35)39/h4-14,21-22H,15-20,23-24H2,1-3H3. The van der Waals surface area contributed by atoms with Crippen LogP contribution in [0.2, 0.25) is 15.1 Å². The number of nitrogens with zero attached hydrogens (tertiary/aromatic N) is 5. The summed E-state index contributed by atoms with van der Waals surface area (Å²) in [5.74, 6) is 0.691. The molecule has 0 aromatic heterocycles. The van der Waals surface area contributed by atoms with Crippen LogP contribution in [0.15, 0.2) is 83.8 Å². The van der Waals surface area contributed by atoms with Gasteiger partial charge in [-0.25, -0.2) is 4.79 Å². The average molecular weight is 759 g/mol. The van der Waals surface area contributed by atoms with Crippen molar-refractivity contribution < 1.29 is 22.2 Å². The van der Waals surface area contributed by atoms with E-state index in [0.717, 1.165) is 18.7 Å². The summed E-state index contributed by atoms with van der Waals surface area (Å²) < 4.78 is 39.2. The van der Waals surface area contributed by atoms with E-state index >= 15 is 0 Å². The highest BCUT2D eigenvalue weighted by Gasteiger charge is 2.38. The lowest BCUT2D eigenvalue weighted by Crippen LogP contribution is -2.48. The van der Waals surface area contributed by atoms with E-state index in [0.29, 0.717) is 59.3 Å². The van der Waals surface area contributed by atoms with Crippen LogP contribution < -0.4 is 9.64 Å². The lowest BCUT2D eigenvalue weighted by Gasteiger charge is -2.39. The zero-order valence-electron chi connectivity index (χ0n) is 28.0. The van der Waals surface area contributed by atoms with Crippen LogP contribution in [0.1, 0.15) is 11.1 Å². The number of hydroxylamine groups is 2. The number of rotatable bonds is 11. The number of likely N-dealkylation sites (N-methyl/N-ethyl adjacent to an activating group) is 1. The summed E-state index contributed by atoms with van der Waals surface area (Å²) in [7, 11) is 1.27. The first-order valence-corrected chi connectivity index (χ1v) is 18.6. The van der Waals surface area contributed by atoms with Crippen molar-refractivity contribution in [2.75, 3.05) is 65.4 Å². The van der Waals surface area contributed by atoms with E-state index in [1.807, 2.05) is 50.5 Å². The molecule has 0 unspecified atom stereocenters. The first-order valence-electron chi connectivity index (χ1n) is 16.1. The number of amides is 2. The van der Waals surface area contributed by atoms with Crippen LogP contribution >= 0.6 is 34.8 Å². The molecule has 2 aliphatic rings. The van der Waals surface area contributed by atoms with Crippen molar-refractivity contribution in [3.63, 3.8) is 0 Å². The highest BCUT2D eigenvalue weighted by molar-refractivity contribution is 7.86. The van der Waals surface area contributed by atoms with Gasteiger partial charge in [-0.3, -0.25) is 9.80 Å². The minimum Gasteiger partial charge on any atom is -0.497 e. The number of carbonyl (C=O) groups is 1. The first-order chi connectivity index (χ1) is 23.9. The molecule has 50 heavy (non-hydrogen) atoms. The molecule has 0 spiro atoms. The minimum absolute atomic E-state index is 0.134. The molecule has 6 rings (SSSR count). The van der Waals surface area contributed by atoms with Gasteiger partial charge in [0.2, 0.25) is 0 Å². The summed E-state index contributed by atoms with van der Waals surface area (Å²) in [6, 6.07) is 22.2. The summed E-state index contributed by atoms with van der Waals surface area (Å²) in [4.78, 5) is 21.8. The van der Waals surface area contributed by atoms with Crippen molar-refractivity contribution in [1.29, 1.82) is 0 Å². The number of fused-ring (bicyclic) bond motifs is 1. The van der Waals surface area contributed by atoms with Gasteiger partial charge in [-0.2, -0.15) is 17.8 Å². The second-order valence-electron chi connectivity index (χ2n) is 12.4. The molecular weight excluding hydrogens is 721 g/mol. The van der Waals surface area contributed by atoms with E-state index in [1.54, 1.807) is 48.4 Å². The molecular formula is C36H38Cl3N5O5S. The van der Waals surface area contributed by atoms with Gasteiger partial charge in [-0.05, 0) is 67.7 Å². The lowest BCUT2D eigenvalue weighted by atomic mass is 9.95. The van der Waals surface area contributed by atoms with Gasteiger partial charge in [0.25, 0.3) is 0 Å². The van der Waals surface area contributed by atoms with Crippen molar-refractivity contribution >= 4 is 62.3 Å². The Morgan fingerprint density at radius 3 is 2.12 bits per heavy atom. The Morgan fingerprint density at radius 1 is 0.820 bits per heavy atom. The molecule has 4 aromatic carbocycles. The quantitative estimate of drug-likeness (QED) is 0.157. The molecule has 0 aliphatic carbocycles. The number of urea groups is 1. The molecule has 0 radical (unpaired) electrons. The Hall–Kier alpha value is -3.39. The van der Waals surface area contributed by atoms with Crippen LogP contribution in [0.3, 0.4) is 0 Å². The van der Waals surface area contributed by atoms with E-state index < -0.39 is 16.1 Å². The Kier molecular flexibility index (Phi) is 11.3. The van der Waals surface area contributed by atoms with Gasteiger partial charge < -0.3 is 14.5 Å². The number of ether oxygens (including phenoxy) is 1. The van der Waals surface area contributed by atoms with Crippen LogP contribution in [0.4, 0.5) is 16.2 Å². The average Bonchev–Trinajstić information content (AvgIpc) is 3.09. The third kappa shape index (κ3) is 7.90. The fourth-order valence-electron chi connectivity index (χ4n) is 6.11. The molecule has 0 saturated carbocycles. The predicted molar refractivity (Wildman–Crippen MR) is 198 cm³/mol. The summed E-state index contributed by atoms with van der Waals surface area (Å²) in [5.41, 5.74) is 3.20. The largest absolute Gasteiger partial charge is 0.497 e. The zero-order chi connectivity index (χ0) is 35.6. The number of benzene rings is 4. The van der Waals surface area contributed by atoms with E-state index in [2.05, 4.69) is 9.80 Å². The molecule has 0 N–H and O–H groups in total. The van der Waals surface area contributed by atoms with Gasteiger partial charge in [0.05, 0.1) is 40.0 Å². The SMILES string of the molecule is COc1ccc(CN2Cc3c(-c4ccccc4Cl)cc(S(=O)(=O)ON4CCN(CCN(C)C)CC4)cc3N(c3c(Cl)cccc3Cl)C2=O)cc1. The Bertz CT molecular complexity index is 1950. The van der Waals surface area contributed by atoms with Crippen molar-refractivity contribution in [1.82, 2.24) is 19.8 Å². The molecule has 2 amide bonds. The number of hydrogen-bond donors (Lipinski definition) is 0. The maximum Gasteiger partial charge on any atom is 0.329 e. The van der Waals surface area contributed by atoms with Crippen LogP contribution in [-0.4, -0.2) is 94.7 Å². The number of methoxy groups -OCH3 is 1. The molecule has 0 bridgehead atoms. The number of carbonyl (C=O) groups excluding carboxylic acids is 1. The molecule has 1 saturated heterocycles. The topological polar surface area (TPSA) is 85.9 Å². The number of piperazine rings is 1. The maximum absolute atomic E-state index is 14.5. The molecule has 2 aliphatic heterocycles. The summed E-state index contributed by atoms with van der Waals surface area (Å²) in [6.07, 6.45) is 0. The summed E-state index contributed by atoms with van der Waals surface area (Å²) in [6.45, 7) is 4.32. The van der Waals surface area contributed by atoms with Crippen molar-refractivity contribution in [3.05, 3.63) is 105 Å². The van der Waals surface area contributed by atoms with Gasteiger partial charge in [-0.15, -0.1) is 0 Å². The maximum atomic E-state index is 14.5. The van der Waals surface area contributed by atoms with E-state index in [1.165, 1.54) is 16.0 Å². The molecule has 1 fully saturated rings. The number of anilines is 2. The van der Waals surface area contributed by atoms with Crippen LogP contribution in [0.5, 0.6) is 5.75 Å². The van der Waals surface area contributed by atoms with Gasteiger partial charge in [0, 0.05) is 62.0 Å². The zero-order valence-corrected chi connectivity index (χ0v) is 31.1. The van der Waals surface area contributed by atoms with Crippen molar-refractivity contribution in [3.8, 4) is 16.9 Å². The second-order valence-corrected chi connectivity index (χ2v) is 15.2. The van der Waals surface area contributed by atoms with Crippen LogP contribution in [0, 0.1) is 0 Å². The fourth-order valence-corrected chi connectivity index (χ4v) is 7.94. The van der Waals surface area contributed by atoms with Gasteiger partial charge in [0.15, 0.2) is 0 Å². The van der Waals surface area contributed by atoms with Crippen LogP contribution in [-0.2, 0) is 27.5 Å². The monoisotopic (exact) mass is 757 g/mol. The summed E-state index contributed by atoms with van der Waals surface area (Å²) >= 11 is 20.2. The fraction of sp³-hybridized carbons (Fsp3) is 0.306. The smallest absolute Gasteiger partial charge is 0.329 e. The number of para-hydroxylation sites is 1. The third-order valence-corrected chi connectivity index (χ3v) is 11.0. The normalized spacial score (nSPS) is 15.9. The van der Waals surface area contributed by atoms with Crippen molar-refractivity contribution in [2.24, 2.45) is 0 Å². The van der Waals surface area contributed by atoms with Gasteiger partial charge >= 0.3 is 16.1 Å². The molecule has 264 valence electrons.